The lowest BCUT2D eigenvalue weighted by molar-refractivity contribution is 0.592. The van der Waals surface area contributed by atoms with Crippen LogP contribution in [0.3, 0.4) is 0 Å². The summed E-state index contributed by atoms with van der Waals surface area (Å²) in [4.78, 5) is 0. The number of hydrogen-bond acceptors (Lipinski definition) is 1. The lowest BCUT2D eigenvalue weighted by Gasteiger charge is -2.21. The van der Waals surface area contributed by atoms with E-state index >= 15 is 0 Å². The van der Waals surface area contributed by atoms with Crippen LogP contribution in [0.4, 0.5) is 8.78 Å². The molecule has 0 heterocycles. The molecule has 0 aliphatic heterocycles. The van der Waals surface area contributed by atoms with Crippen LogP contribution in [0.15, 0.2) is 152 Å². The maximum Gasteiger partial charge on any atom is 0.171 e. The molecule has 0 aliphatic rings. The lowest BCUT2D eigenvalue weighted by atomic mass is 9.87. The molecule has 0 aromatic heterocycles. The van der Waals surface area contributed by atoms with Crippen LogP contribution in [-0.2, 0) is 4.57 Å². The second-order valence-electron chi connectivity index (χ2n) is 11.1. The van der Waals surface area contributed by atoms with Crippen molar-refractivity contribution in [3.05, 3.63) is 163 Å². The van der Waals surface area contributed by atoms with Crippen molar-refractivity contribution < 1.29 is 13.3 Å². The minimum absolute atomic E-state index is 0.405. The van der Waals surface area contributed by atoms with Crippen LogP contribution >= 0.6 is 7.14 Å². The highest BCUT2D eigenvalue weighted by Crippen LogP contribution is 2.45. The van der Waals surface area contributed by atoms with Crippen LogP contribution in [0.25, 0.3) is 54.2 Å². The molecular formula is C40H25F2OP. The first-order valence-corrected chi connectivity index (χ1v) is 16.2. The fourth-order valence-corrected chi connectivity index (χ4v) is 9.14. The van der Waals surface area contributed by atoms with E-state index in [1.165, 1.54) is 51.2 Å². The van der Waals surface area contributed by atoms with Gasteiger partial charge in [0.25, 0.3) is 0 Å². The minimum atomic E-state index is -3.43. The van der Waals surface area contributed by atoms with E-state index in [4.69, 9.17) is 0 Å². The van der Waals surface area contributed by atoms with Gasteiger partial charge in [0.05, 0.1) is 0 Å². The van der Waals surface area contributed by atoms with Gasteiger partial charge in [-0.25, -0.2) is 8.78 Å². The molecule has 0 saturated carbocycles. The first-order valence-electron chi connectivity index (χ1n) is 14.5. The Morgan fingerprint density at radius 1 is 0.409 bits per heavy atom. The Kier molecular flexibility index (Phi) is 6.18. The monoisotopic (exact) mass is 590 g/mol. The molecule has 0 fully saturated rings. The van der Waals surface area contributed by atoms with E-state index in [0.717, 1.165) is 27.3 Å². The first kappa shape index (κ1) is 26.5. The van der Waals surface area contributed by atoms with Gasteiger partial charge >= 0.3 is 0 Å². The van der Waals surface area contributed by atoms with Gasteiger partial charge in [0.2, 0.25) is 0 Å². The van der Waals surface area contributed by atoms with Gasteiger partial charge in [-0.05, 0) is 109 Å². The van der Waals surface area contributed by atoms with Crippen LogP contribution in [0.5, 0.6) is 0 Å². The number of fused-ring (bicyclic) bond motifs is 6. The fraction of sp³-hybridized carbons (Fsp3) is 0. The Bertz CT molecular complexity index is 2360. The van der Waals surface area contributed by atoms with Crippen LogP contribution in [0, 0.1) is 11.6 Å². The highest BCUT2D eigenvalue weighted by Gasteiger charge is 2.30. The van der Waals surface area contributed by atoms with Gasteiger partial charge in [0.1, 0.15) is 11.6 Å². The van der Waals surface area contributed by atoms with Crippen molar-refractivity contribution in [3.8, 4) is 11.1 Å². The normalized spacial score (nSPS) is 12.0. The summed E-state index contributed by atoms with van der Waals surface area (Å²) in [6.07, 6.45) is 0. The molecule has 0 aliphatic carbocycles. The van der Waals surface area contributed by atoms with E-state index in [2.05, 4.69) is 78.9 Å². The molecular weight excluding hydrogens is 565 g/mol. The van der Waals surface area contributed by atoms with Crippen molar-refractivity contribution in [2.24, 2.45) is 0 Å². The predicted octanol–water partition coefficient (Wildman–Crippen LogP) is 9.88. The Morgan fingerprint density at radius 3 is 1.50 bits per heavy atom. The lowest BCUT2D eigenvalue weighted by Crippen LogP contribution is -2.25. The predicted molar refractivity (Wildman–Crippen MR) is 181 cm³/mol. The molecule has 0 spiro atoms. The molecule has 8 aromatic carbocycles. The topological polar surface area (TPSA) is 17.1 Å². The van der Waals surface area contributed by atoms with E-state index < -0.39 is 18.8 Å². The van der Waals surface area contributed by atoms with Gasteiger partial charge < -0.3 is 4.57 Å². The van der Waals surface area contributed by atoms with Gasteiger partial charge in [-0.15, -0.1) is 0 Å². The van der Waals surface area contributed by atoms with E-state index in [1.54, 1.807) is 24.3 Å². The Morgan fingerprint density at radius 2 is 0.886 bits per heavy atom. The molecule has 0 N–H and O–H groups in total. The van der Waals surface area contributed by atoms with Crippen LogP contribution in [-0.4, -0.2) is 0 Å². The number of rotatable bonds is 4. The largest absolute Gasteiger partial charge is 0.309 e. The van der Waals surface area contributed by atoms with Gasteiger partial charge in [-0.2, -0.15) is 0 Å². The van der Waals surface area contributed by atoms with Crippen molar-refractivity contribution in [1.82, 2.24) is 0 Å². The molecule has 8 rings (SSSR count). The summed E-state index contributed by atoms with van der Waals surface area (Å²) in [7, 11) is -3.43. The van der Waals surface area contributed by atoms with Crippen LogP contribution in [0.1, 0.15) is 0 Å². The van der Waals surface area contributed by atoms with Gasteiger partial charge in [0, 0.05) is 15.9 Å². The smallest absolute Gasteiger partial charge is 0.171 e. The second kappa shape index (κ2) is 10.3. The molecule has 0 bridgehead atoms. The van der Waals surface area contributed by atoms with E-state index in [-0.39, 0.29) is 0 Å². The Labute approximate surface area is 253 Å². The summed E-state index contributed by atoms with van der Waals surface area (Å²) in [5.41, 5.74) is 2.12. The molecule has 4 heteroatoms. The molecule has 8 aromatic rings. The zero-order valence-electron chi connectivity index (χ0n) is 23.5. The zero-order valence-corrected chi connectivity index (χ0v) is 24.4. The Hall–Kier alpha value is -5.11. The minimum Gasteiger partial charge on any atom is -0.309 e. The zero-order chi connectivity index (χ0) is 29.8. The number of benzene rings is 8. The molecule has 210 valence electrons. The van der Waals surface area contributed by atoms with E-state index in [1.807, 2.05) is 24.3 Å². The summed E-state index contributed by atoms with van der Waals surface area (Å²) in [6.45, 7) is 0. The molecule has 0 unspecified atom stereocenters. The molecule has 0 saturated heterocycles. The maximum atomic E-state index is 15.0. The molecule has 0 atom stereocenters. The highest BCUT2D eigenvalue weighted by molar-refractivity contribution is 7.85. The maximum absolute atomic E-state index is 15.0. The standard InChI is InChI=1S/C40H25F2OP/c41-30-14-20-33(21-15-30)44(43,34-22-16-31(42)17-23-34)32-18-11-28(12-19-32)39-37-24-13-26-5-1-3-7-35(26)38(37)25-29-10-9-27-6-2-4-8-36(27)40(29)39/h1-25H. The average Bonchev–Trinajstić information content (AvgIpc) is 3.07. The molecule has 1 nitrogen and oxygen atoms in total. The summed E-state index contributed by atoms with van der Waals surface area (Å²) < 4.78 is 42.8. The summed E-state index contributed by atoms with van der Waals surface area (Å²) in [5.74, 6) is -0.810. The molecule has 44 heavy (non-hydrogen) atoms. The molecule has 0 radical (unpaired) electrons. The van der Waals surface area contributed by atoms with Crippen molar-refractivity contribution in [2.45, 2.75) is 0 Å². The van der Waals surface area contributed by atoms with Crippen molar-refractivity contribution in [2.75, 3.05) is 0 Å². The third kappa shape index (κ3) is 4.16. The van der Waals surface area contributed by atoms with E-state index in [9.17, 15) is 13.3 Å². The second-order valence-corrected chi connectivity index (χ2v) is 13.9. The fourth-order valence-electron chi connectivity index (χ4n) is 6.53. The van der Waals surface area contributed by atoms with Crippen molar-refractivity contribution >= 4 is 66.1 Å². The van der Waals surface area contributed by atoms with Crippen molar-refractivity contribution in [1.29, 1.82) is 0 Å². The third-order valence-corrected chi connectivity index (χ3v) is 11.7. The van der Waals surface area contributed by atoms with E-state index in [0.29, 0.717) is 15.9 Å². The highest BCUT2D eigenvalue weighted by atomic mass is 31.2. The Balaban J connectivity index is 1.40. The van der Waals surface area contributed by atoms with Crippen LogP contribution in [0.2, 0.25) is 0 Å². The number of hydrogen-bond donors (Lipinski definition) is 0. The van der Waals surface area contributed by atoms with Gasteiger partial charge in [0.15, 0.2) is 7.14 Å². The third-order valence-electron chi connectivity index (χ3n) is 8.65. The summed E-state index contributed by atoms with van der Waals surface area (Å²) >= 11 is 0. The van der Waals surface area contributed by atoms with Gasteiger partial charge in [-0.3, -0.25) is 0 Å². The average molecular weight is 591 g/mol. The summed E-state index contributed by atoms with van der Waals surface area (Å²) in [6, 6.07) is 47.2. The number of halogens is 2. The van der Waals surface area contributed by atoms with Crippen molar-refractivity contribution in [3.63, 3.8) is 0 Å². The van der Waals surface area contributed by atoms with Crippen LogP contribution < -0.4 is 15.9 Å². The summed E-state index contributed by atoms with van der Waals surface area (Å²) in [5, 5.41) is 10.9. The quantitative estimate of drug-likeness (QED) is 0.113. The molecule has 0 amide bonds. The SMILES string of the molecule is O=P(c1ccc(F)cc1)(c1ccc(F)cc1)c1ccc(-c2c3ccc4ccccc4c3cc3ccc4ccccc4c23)cc1. The first-order chi connectivity index (χ1) is 21.5. The van der Waals surface area contributed by atoms with Gasteiger partial charge in [-0.1, -0.05) is 97.1 Å².